The summed E-state index contributed by atoms with van der Waals surface area (Å²) in [5, 5.41) is 12.3. The summed E-state index contributed by atoms with van der Waals surface area (Å²) < 4.78 is 3.69. The molecule has 34 heavy (non-hydrogen) atoms. The molecule has 9 heteroatoms. The van der Waals surface area contributed by atoms with Gasteiger partial charge >= 0.3 is 0 Å². The van der Waals surface area contributed by atoms with E-state index in [1.165, 1.54) is 0 Å². The van der Waals surface area contributed by atoms with Gasteiger partial charge in [0, 0.05) is 49.1 Å². The van der Waals surface area contributed by atoms with Crippen LogP contribution in [0.5, 0.6) is 0 Å². The van der Waals surface area contributed by atoms with Gasteiger partial charge in [-0.2, -0.15) is 10.2 Å². The number of amides is 3. The number of imide groups is 1. The Labute approximate surface area is 195 Å². The zero-order valence-electron chi connectivity index (χ0n) is 18.8. The molecule has 1 N–H and O–H groups in total. The van der Waals surface area contributed by atoms with Gasteiger partial charge in [-0.15, -0.1) is 0 Å². The fourth-order valence-corrected chi connectivity index (χ4v) is 5.02. The molecule has 2 aromatic heterocycles. The third kappa shape index (κ3) is 3.04. The lowest BCUT2D eigenvalue weighted by Gasteiger charge is -2.29. The van der Waals surface area contributed by atoms with Crippen molar-refractivity contribution in [3.8, 4) is 22.4 Å². The number of aryl methyl sites for hydroxylation is 2. The van der Waals surface area contributed by atoms with Crippen molar-refractivity contribution in [2.24, 2.45) is 14.1 Å². The molecule has 0 saturated carbocycles. The molecular formula is C25H22N6O3. The van der Waals surface area contributed by atoms with E-state index in [1.807, 2.05) is 60.1 Å². The van der Waals surface area contributed by atoms with Gasteiger partial charge in [0.15, 0.2) is 0 Å². The molecule has 2 aromatic carbocycles. The summed E-state index contributed by atoms with van der Waals surface area (Å²) in [4.78, 5) is 38.4. The summed E-state index contributed by atoms with van der Waals surface area (Å²) in [7, 11) is 3.83. The Balaban J connectivity index is 1.37. The van der Waals surface area contributed by atoms with Crippen molar-refractivity contribution >= 4 is 28.6 Å². The highest BCUT2D eigenvalue weighted by Gasteiger charge is 2.39. The molecule has 0 radical (unpaired) electrons. The number of hydrogen-bond donors (Lipinski definition) is 1. The average Bonchev–Trinajstić information content (AvgIpc) is 3.49. The second-order valence-electron chi connectivity index (χ2n) is 8.84. The SMILES string of the molecule is Cn1ncc(-c2ccc3c(c2)CN([C@H]2CCC(=O)NC2=O)C3=O)c1-c1ccc2cnn(C)c2c1. The lowest BCUT2D eigenvalue weighted by Crippen LogP contribution is -2.52. The van der Waals surface area contributed by atoms with Crippen LogP contribution in [-0.2, 0) is 30.2 Å². The first-order chi connectivity index (χ1) is 16.4. The summed E-state index contributed by atoms with van der Waals surface area (Å²) >= 11 is 0. The van der Waals surface area contributed by atoms with Crippen LogP contribution in [-0.4, -0.2) is 48.2 Å². The maximum Gasteiger partial charge on any atom is 0.255 e. The molecule has 1 fully saturated rings. The number of aromatic nitrogens is 4. The summed E-state index contributed by atoms with van der Waals surface area (Å²) in [6.45, 7) is 0.338. The second kappa shape index (κ2) is 7.38. The second-order valence-corrected chi connectivity index (χ2v) is 8.84. The van der Waals surface area contributed by atoms with Crippen LogP contribution in [0.2, 0.25) is 0 Å². The van der Waals surface area contributed by atoms with Gasteiger partial charge in [-0.25, -0.2) is 0 Å². The largest absolute Gasteiger partial charge is 0.322 e. The van der Waals surface area contributed by atoms with Gasteiger partial charge in [-0.05, 0) is 35.7 Å². The third-order valence-electron chi connectivity index (χ3n) is 6.80. The molecule has 1 saturated heterocycles. The van der Waals surface area contributed by atoms with Gasteiger partial charge in [-0.1, -0.05) is 18.2 Å². The van der Waals surface area contributed by atoms with Crippen LogP contribution >= 0.6 is 0 Å². The zero-order valence-corrected chi connectivity index (χ0v) is 18.8. The number of carbonyl (C=O) groups is 3. The molecule has 0 bridgehead atoms. The highest BCUT2D eigenvalue weighted by molar-refractivity contribution is 6.05. The molecule has 9 nitrogen and oxygen atoms in total. The van der Waals surface area contributed by atoms with Gasteiger partial charge in [0.05, 0.1) is 23.6 Å². The van der Waals surface area contributed by atoms with Gasteiger partial charge in [0.1, 0.15) is 6.04 Å². The van der Waals surface area contributed by atoms with Gasteiger partial charge in [-0.3, -0.25) is 29.1 Å². The van der Waals surface area contributed by atoms with E-state index in [0.29, 0.717) is 18.5 Å². The standard InChI is InChI=1S/C25H22N6O3/c1-29-21-10-15(3-4-16(21)11-26-29)23-19(12-27-30(23)2)14-5-6-18-17(9-14)13-31(25(18)34)20-7-8-22(32)28-24(20)33/h3-6,9-12,20H,7-8,13H2,1-2H3,(H,28,32,33)/t20-/m0/s1. The van der Waals surface area contributed by atoms with Crippen molar-refractivity contribution in [2.75, 3.05) is 0 Å². The topological polar surface area (TPSA) is 102 Å². The van der Waals surface area contributed by atoms with Crippen molar-refractivity contribution in [3.63, 3.8) is 0 Å². The maximum absolute atomic E-state index is 13.0. The molecule has 0 spiro atoms. The van der Waals surface area contributed by atoms with E-state index in [1.54, 1.807) is 4.90 Å². The molecule has 4 heterocycles. The maximum atomic E-state index is 13.0. The molecule has 2 aliphatic rings. The number of hydrogen-bond acceptors (Lipinski definition) is 5. The highest BCUT2D eigenvalue weighted by Crippen LogP contribution is 2.36. The normalized spacial score (nSPS) is 18.0. The van der Waals surface area contributed by atoms with E-state index in [-0.39, 0.29) is 18.2 Å². The Morgan fingerprint density at radius 2 is 1.71 bits per heavy atom. The van der Waals surface area contributed by atoms with E-state index < -0.39 is 11.9 Å². The molecule has 4 aromatic rings. The molecule has 6 rings (SSSR count). The Kier molecular flexibility index (Phi) is 4.41. The Bertz CT molecular complexity index is 1510. The number of nitrogens with one attached hydrogen (secondary N) is 1. The molecular weight excluding hydrogens is 432 g/mol. The number of piperidine rings is 1. The summed E-state index contributed by atoms with van der Waals surface area (Å²) in [6, 6.07) is 11.3. The number of rotatable bonds is 3. The van der Waals surface area contributed by atoms with Crippen molar-refractivity contribution in [3.05, 3.63) is 59.9 Å². The van der Waals surface area contributed by atoms with Crippen LogP contribution < -0.4 is 5.32 Å². The van der Waals surface area contributed by atoms with Gasteiger partial charge in [0.2, 0.25) is 11.8 Å². The van der Waals surface area contributed by atoms with Crippen LogP contribution in [0, 0.1) is 0 Å². The first-order valence-corrected chi connectivity index (χ1v) is 11.1. The lowest BCUT2D eigenvalue weighted by molar-refractivity contribution is -0.136. The molecule has 1 atom stereocenters. The minimum Gasteiger partial charge on any atom is -0.322 e. The molecule has 0 unspecified atom stereocenters. The van der Waals surface area contributed by atoms with Crippen LogP contribution in [0.1, 0.15) is 28.8 Å². The monoisotopic (exact) mass is 454 g/mol. The van der Waals surface area contributed by atoms with Crippen molar-refractivity contribution in [2.45, 2.75) is 25.4 Å². The zero-order chi connectivity index (χ0) is 23.6. The Morgan fingerprint density at radius 3 is 2.53 bits per heavy atom. The molecule has 2 aliphatic heterocycles. The van der Waals surface area contributed by atoms with E-state index in [9.17, 15) is 14.4 Å². The minimum absolute atomic E-state index is 0.177. The van der Waals surface area contributed by atoms with E-state index in [2.05, 4.69) is 27.6 Å². The van der Waals surface area contributed by atoms with Crippen molar-refractivity contribution in [1.29, 1.82) is 0 Å². The Hall–Kier alpha value is -4.27. The van der Waals surface area contributed by atoms with Crippen LogP contribution in [0.4, 0.5) is 0 Å². The van der Waals surface area contributed by atoms with Gasteiger partial charge in [0.25, 0.3) is 5.91 Å². The number of fused-ring (bicyclic) bond motifs is 2. The first kappa shape index (κ1) is 20.3. The summed E-state index contributed by atoms with van der Waals surface area (Å²) in [5.41, 5.74) is 6.38. The van der Waals surface area contributed by atoms with Crippen LogP contribution in [0.3, 0.4) is 0 Å². The lowest BCUT2D eigenvalue weighted by atomic mass is 9.98. The smallest absolute Gasteiger partial charge is 0.255 e. The van der Waals surface area contributed by atoms with Gasteiger partial charge < -0.3 is 4.90 Å². The van der Waals surface area contributed by atoms with E-state index in [0.717, 1.165) is 38.9 Å². The van der Waals surface area contributed by atoms with Crippen LogP contribution in [0.15, 0.2) is 48.8 Å². The number of nitrogens with zero attached hydrogens (tertiary/aromatic N) is 5. The minimum atomic E-state index is -0.624. The number of benzene rings is 2. The molecule has 170 valence electrons. The molecule has 0 aliphatic carbocycles. The van der Waals surface area contributed by atoms with E-state index >= 15 is 0 Å². The number of carbonyl (C=O) groups excluding carboxylic acids is 3. The average molecular weight is 454 g/mol. The predicted octanol–water partition coefficient (Wildman–Crippen LogP) is 2.40. The summed E-state index contributed by atoms with van der Waals surface area (Å²) in [5.74, 6) is -0.872. The van der Waals surface area contributed by atoms with Crippen molar-refractivity contribution < 1.29 is 14.4 Å². The van der Waals surface area contributed by atoms with Crippen LogP contribution in [0.25, 0.3) is 33.3 Å². The van der Waals surface area contributed by atoms with Crippen molar-refractivity contribution in [1.82, 2.24) is 29.8 Å². The third-order valence-corrected chi connectivity index (χ3v) is 6.80. The fraction of sp³-hybridized carbons (Fsp3) is 0.240. The first-order valence-electron chi connectivity index (χ1n) is 11.1. The quantitative estimate of drug-likeness (QED) is 0.479. The molecule has 3 amide bonds. The summed E-state index contributed by atoms with van der Waals surface area (Å²) in [6.07, 6.45) is 4.26. The fourth-order valence-electron chi connectivity index (χ4n) is 5.02. The predicted molar refractivity (Wildman–Crippen MR) is 124 cm³/mol. The highest BCUT2D eigenvalue weighted by atomic mass is 16.2. The Morgan fingerprint density at radius 1 is 0.912 bits per heavy atom. The van der Waals surface area contributed by atoms with E-state index in [4.69, 9.17) is 0 Å².